The third-order valence-corrected chi connectivity index (χ3v) is 9.26. The lowest BCUT2D eigenvalue weighted by molar-refractivity contribution is -0.141. The minimum atomic E-state index is -3.64. The van der Waals surface area contributed by atoms with Crippen LogP contribution in [0.25, 0.3) is 0 Å². The molecule has 0 bridgehead atoms. The second-order valence-electron chi connectivity index (χ2n) is 10.5. The molecule has 10 heteroatoms. The molecule has 0 saturated heterocycles. The molecule has 226 valence electrons. The van der Waals surface area contributed by atoms with Gasteiger partial charge in [0, 0.05) is 41.5 Å². The number of carbonyl (C=O) groups is 2. The van der Waals surface area contributed by atoms with Gasteiger partial charge in [-0.25, -0.2) is 8.42 Å². The van der Waals surface area contributed by atoms with Gasteiger partial charge in [-0.1, -0.05) is 83.0 Å². The summed E-state index contributed by atoms with van der Waals surface area (Å²) in [4.78, 5) is 29.3. The zero-order chi connectivity index (χ0) is 30.9. The fourth-order valence-corrected chi connectivity index (χ4v) is 6.31. The molecule has 0 aromatic heterocycles. The largest absolute Gasteiger partial charge is 0.352 e. The van der Waals surface area contributed by atoms with E-state index < -0.39 is 16.1 Å². The van der Waals surface area contributed by atoms with E-state index in [0.717, 1.165) is 28.3 Å². The smallest absolute Gasteiger partial charge is 0.243 e. The topological polar surface area (TPSA) is 86.8 Å². The van der Waals surface area contributed by atoms with E-state index in [-0.39, 0.29) is 43.8 Å². The highest BCUT2D eigenvalue weighted by Gasteiger charge is 2.31. The molecule has 0 aliphatic heterocycles. The number of sulfonamides is 1. The molecule has 0 spiro atoms. The van der Waals surface area contributed by atoms with Crippen LogP contribution < -0.4 is 9.62 Å². The first-order valence-corrected chi connectivity index (χ1v) is 17.0. The van der Waals surface area contributed by atoms with E-state index in [4.69, 9.17) is 11.6 Å². The van der Waals surface area contributed by atoms with Gasteiger partial charge in [0.05, 0.1) is 11.9 Å². The number of rotatable bonds is 14. The van der Waals surface area contributed by atoms with Crippen molar-refractivity contribution in [2.45, 2.75) is 65.1 Å². The van der Waals surface area contributed by atoms with Gasteiger partial charge in [-0.2, -0.15) is 0 Å². The van der Waals surface area contributed by atoms with Gasteiger partial charge in [-0.15, -0.1) is 0 Å². The first kappa shape index (κ1) is 33.6. The van der Waals surface area contributed by atoms with Crippen LogP contribution in [-0.4, -0.2) is 50.0 Å². The van der Waals surface area contributed by atoms with E-state index in [1.807, 2.05) is 68.4 Å². The third kappa shape index (κ3) is 9.57. The number of nitrogens with zero attached hydrogens (tertiary/aromatic N) is 2. The van der Waals surface area contributed by atoms with Crippen molar-refractivity contribution >= 4 is 55.1 Å². The Morgan fingerprint density at radius 1 is 1.00 bits per heavy atom. The van der Waals surface area contributed by atoms with Gasteiger partial charge in [0.2, 0.25) is 21.8 Å². The van der Waals surface area contributed by atoms with Crippen LogP contribution in [-0.2, 0) is 32.6 Å². The number of anilines is 1. The van der Waals surface area contributed by atoms with Crippen molar-refractivity contribution in [2.24, 2.45) is 0 Å². The van der Waals surface area contributed by atoms with Crippen LogP contribution >= 0.6 is 27.5 Å². The van der Waals surface area contributed by atoms with Crippen LogP contribution in [0.2, 0.25) is 5.02 Å². The molecular formula is C32H39BrClN3O4S. The summed E-state index contributed by atoms with van der Waals surface area (Å²) in [7, 11) is -3.64. The molecule has 0 radical (unpaired) electrons. The van der Waals surface area contributed by atoms with Crippen LogP contribution in [0.15, 0.2) is 77.3 Å². The van der Waals surface area contributed by atoms with Gasteiger partial charge >= 0.3 is 0 Å². The Bertz CT molecular complexity index is 1470. The predicted molar refractivity (Wildman–Crippen MR) is 174 cm³/mol. The average molecular weight is 677 g/mol. The lowest BCUT2D eigenvalue weighted by atomic mass is 10.0. The lowest BCUT2D eigenvalue weighted by Gasteiger charge is -2.33. The fraction of sp³-hybridized carbons (Fsp3) is 0.375. The molecule has 1 N–H and O–H groups in total. The van der Waals surface area contributed by atoms with E-state index in [9.17, 15) is 18.0 Å². The molecular weight excluding hydrogens is 638 g/mol. The molecule has 3 rings (SSSR count). The van der Waals surface area contributed by atoms with Crippen LogP contribution in [0.1, 0.15) is 49.8 Å². The van der Waals surface area contributed by atoms with E-state index in [1.54, 1.807) is 30.0 Å². The normalized spacial score (nSPS) is 12.8. The number of carbonyl (C=O) groups excluding carboxylic acids is 2. The van der Waals surface area contributed by atoms with Gasteiger partial charge in [-0.05, 0) is 67.6 Å². The Hall–Kier alpha value is -2.88. The molecule has 0 aliphatic rings. The third-order valence-electron chi connectivity index (χ3n) is 7.17. The van der Waals surface area contributed by atoms with Crippen LogP contribution in [0.4, 0.5) is 5.69 Å². The molecule has 7 nitrogen and oxygen atoms in total. The van der Waals surface area contributed by atoms with Crippen molar-refractivity contribution in [3.63, 3.8) is 0 Å². The van der Waals surface area contributed by atoms with Gasteiger partial charge in [0.1, 0.15) is 6.04 Å². The highest BCUT2D eigenvalue weighted by molar-refractivity contribution is 9.10. The molecule has 0 heterocycles. The van der Waals surface area contributed by atoms with Gasteiger partial charge in [0.25, 0.3) is 0 Å². The van der Waals surface area contributed by atoms with Crippen molar-refractivity contribution in [3.05, 3.63) is 99.0 Å². The predicted octanol–water partition coefficient (Wildman–Crippen LogP) is 6.51. The van der Waals surface area contributed by atoms with Crippen molar-refractivity contribution in [1.29, 1.82) is 0 Å². The zero-order valence-corrected chi connectivity index (χ0v) is 27.7. The maximum Gasteiger partial charge on any atom is 0.243 e. The number of nitrogens with one attached hydrogen (secondary N) is 1. The first-order valence-electron chi connectivity index (χ1n) is 14.0. The number of benzene rings is 3. The van der Waals surface area contributed by atoms with Crippen molar-refractivity contribution in [2.75, 3.05) is 17.1 Å². The van der Waals surface area contributed by atoms with Gasteiger partial charge < -0.3 is 10.2 Å². The van der Waals surface area contributed by atoms with Crippen molar-refractivity contribution in [1.82, 2.24) is 10.2 Å². The summed E-state index contributed by atoms with van der Waals surface area (Å²) < 4.78 is 27.6. The molecule has 0 fully saturated rings. The van der Waals surface area contributed by atoms with E-state index in [2.05, 4.69) is 21.2 Å². The zero-order valence-electron chi connectivity index (χ0n) is 24.5. The average Bonchev–Trinajstić information content (AvgIpc) is 2.94. The number of hydrogen-bond donors (Lipinski definition) is 1. The summed E-state index contributed by atoms with van der Waals surface area (Å²) in [5, 5.41) is 3.53. The minimum absolute atomic E-state index is 0.0529. The maximum atomic E-state index is 14.0. The monoisotopic (exact) mass is 675 g/mol. The minimum Gasteiger partial charge on any atom is -0.352 e. The SMILES string of the molecule is CC[C@@H](C)NC(=O)[C@@H](Cc1ccccc1)N(Cc1cccc(Br)c1)C(=O)CCCN(c1cccc(Cl)c1C)S(C)(=O)=O. The highest BCUT2D eigenvalue weighted by atomic mass is 79.9. The quantitative estimate of drug-likeness (QED) is 0.211. The van der Waals surface area contributed by atoms with Crippen LogP contribution in [0, 0.1) is 6.92 Å². The summed E-state index contributed by atoms with van der Waals surface area (Å²) in [6, 6.07) is 21.6. The summed E-state index contributed by atoms with van der Waals surface area (Å²) in [5.41, 5.74) is 2.95. The molecule has 3 aromatic carbocycles. The van der Waals surface area contributed by atoms with Gasteiger partial charge in [0.15, 0.2) is 0 Å². The Morgan fingerprint density at radius 2 is 1.67 bits per heavy atom. The lowest BCUT2D eigenvalue weighted by Crippen LogP contribution is -2.52. The Morgan fingerprint density at radius 3 is 2.31 bits per heavy atom. The summed E-state index contributed by atoms with van der Waals surface area (Å²) in [6.45, 7) is 6.03. The van der Waals surface area contributed by atoms with Crippen molar-refractivity contribution in [3.8, 4) is 0 Å². The number of hydrogen-bond acceptors (Lipinski definition) is 4. The molecule has 3 aromatic rings. The maximum absolute atomic E-state index is 14.0. The highest BCUT2D eigenvalue weighted by Crippen LogP contribution is 2.28. The van der Waals surface area contributed by atoms with E-state index >= 15 is 0 Å². The Balaban J connectivity index is 1.91. The van der Waals surface area contributed by atoms with Crippen LogP contribution in [0.5, 0.6) is 0 Å². The van der Waals surface area contributed by atoms with Crippen LogP contribution in [0.3, 0.4) is 0 Å². The Labute approximate surface area is 263 Å². The standard InChI is InChI=1S/C32H39BrClN3O4S/c1-5-23(2)35-32(39)30(21-25-12-7-6-8-13-25)36(22-26-14-9-15-27(33)20-26)31(38)18-11-19-37(42(4,40)41)29-17-10-16-28(34)24(29)3/h6-10,12-17,20,23,30H,5,11,18-19,21-22H2,1-4H3,(H,35,39)/t23-,30-/m1/s1. The molecule has 42 heavy (non-hydrogen) atoms. The van der Waals surface area contributed by atoms with Crippen molar-refractivity contribution < 1.29 is 18.0 Å². The number of amides is 2. The first-order chi connectivity index (χ1) is 19.9. The molecule has 0 unspecified atom stereocenters. The second kappa shape index (κ2) is 15.5. The molecule has 0 saturated carbocycles. The summed E-state index contributed by atoms with van der Waals surface area (Å²) in [6.07, 6.45) is 2.57. The van der Waals surface area contributed by atoms with Gasteiger partial charge in [-0.3, -0.25) is 13.9 Å². The fourth-order valence-electron chi connectivity index (χ4n) is 4.68. The molecule has 0 aliphatic carbocycles. The van der Waals surface area contributed by atoms with E-state index in [1.165, 1.54) is 4.31 Å². The summed E-state index contributed by atoms with van der Waals surface area (Å²) in [5.74, 6) is -0.449. The molecule has 2 amide bonds. The number of halogens is 2. The summed E-state index contributed by atoms with van der Waals surface area (Å²) >= 11 is 9.78. The Kier molecular flexibility index (Phi) is 12.4. The molecule has 2 atom stereocenters. The second-order valence-corrected chi connectivity index (χ2v) is 13.7. The van der Waals surface area contributed by atoms with E-state index in [0.29, 0.717) is 22.7 Å².